The number of hydrogen-bond donors (Lipinski definition) is 1. The topological polar surface area (TPSA) is 55.6 Å². The van der Waals surface area contributed by atoms with Gasteiger partial charge in [0.1, 0.15) is 6.04 Å². The standard InChI is InChI=1S/C16H11BrClN5/c17-12-3-1-2-11(8-12)15-9-14(10-4-6-13(18)7-5-10)19-16-20-21-22-23(15)16/h1-9,15H,(H,19,20,22)/t15-/m0/s1. The van der Waals surface area contributed by atoms with Crippen molar-refractivity contribution in [1.29, 1.82) is 0 Å². The molecule has 0 aliphatic carbocycles. The highest BCUT2D eigenvalue weighted by Gasteiger charge is 2.24. The van der Waals surface area contributed by atoms with E-state index in [0.29, 0.717) is 11.0 Å². The molecule has 23 heavy (non-hydrogen) atoms. The second kappa shape index (κ2) is 5.79. The van der Waals surface area contributed by atoms with E-state index >= 15 is 0 Å². The fourth-order valence-electron chi connectivity index (χ4n) is 2.58. The predicted octanol–water partition coefficient (Wildman–Crippen LogP) is 4.15. The van der Waals surface area contributed by atoms with Crippen LogP contribution in [0.15, 0.2) is 59.1 Å². The van der Waals surface area contributed by atoms with Gasteiger partial charge in [-0.2, -0.15) is 4.68 Å². The molecule has 0 saturated heterocycles. The molecule has 2 aromatic carbocycles. The minimum absolute atomic E-state index is 0.0792. The highest BCUT2D eigenvalue weighted by molar-refractivity contribution is 9.10. The van der Waals surface area contributed by atoms with E-state index in [1.807, 2.05) is 36.4 Å². The molecule has 1 aliphatic heterocycles. The van der Waals surface area contributed by atoms with Crippen LogP contribution < -0.4 is 5.32 Å². The number of nitrogens with one attached hydrogen (secondary N) is 1. The number of benzene rings is 2. The van der Waals surface area contributed by atoms with Crippen molar-refractivity contribution in [3.63, 3.8) is 0 Å². The van der Waals surface area contributed by atoms with Crippen LogP contribution in [0.5, 0.6) is 0 Å². The zero-order chi connectivity index (χ0) is 15.8. The lowest BCUT2D eigenvalue weighted by atomic mass is 10.0. The van der Waals surface area contributed by atoms with Gasteiger partial charge in [0.15, 0.2) is 0 Å². The van der Waals surface area contributed by atoms with Gasteiger partial charge in [-0.25, -0.2) is 0 Å². The van der Waals surface area contributed by atoms with Gasteiger partial charge < -0.3 is 5.32 Å². The molecule has 2 heterocycles. The van der Waals surface area contributed by atoms with E-state index < -0.39 is 0 Å². The first kappa shape index (κ1) is 14.4. The SMILES string of the molecule is Clc1ccc(C2=C[C@@H](c3cccc(Br)c3)n3nnnc3N2)cc1. The second-order valence-corrected chi connectivity index (χ2v) is 6.51. The summed E-state index contributed by atoms with van der Waals surface area (Å²) in [5, 5.41) is 15.9. The van der Waals surface area contributed by atoms with Crippen LogP contribution in [0.1, 0.15) is 17.2 Å². The first-order valence-electron chi connectivity index (χ1n) is 6.99. The van der Waals surface area contributed by atoms with Crippen LogP contribution >= 0.6 is 27.5 Å². The molecule has 0 saturated carbocycles. The van der Waals surface area contributed by atoms with Crippen molar-refractivity contribution < 1.29 is 0 Å². The predicted molar refractivity (Wildman–Crippen MR) is 93.1 cm³/mol. The fourth-order valence-corrected chi connectivity index (χ4v) is 3.12. The van der Waals surface area contributed by atoms with Crippen LogP contribution in [-0.4, -0.2) is 20.2 Å². The zero-order valence-corrected chi connectivity index (χ0v) is 14.2. The van der Waals surface area contributed by atoms with Crippen LogP contribution in [0.3, 0.4) is 0 Å². The maximum absolute atomic E-state index is 5.97. The number of tetrazole rings is 1. The van der Waals surface area contributed by atoms with Crippen molar-refractivity contribution in [3.05, 3.63) is 75.2 Å². The smallest absolute Gasteiger partial charge is 0.248 e. The molecule has 0 spiro atoms. The summed E-state index contributed by atoms with van der Waals surface area (Å²) in [6.45, 7) is 0. The second-order valence-electron chi connectivity index (χ2n) is 5.16. The van der Waals surface area contributed by atoms with Crippen LogP contribution in [0.25, 0.3) is 5.70 Å². The Balaban J connectivity index is 1.81. The molecule has 7 heteroatoms. The van der Waals surface area contributed by atoms with Crippen LogP contribution in [0.2, 0.25) is 5.02 Å². The van der Waals surface area contributed by atoms with Gasteiger partial charge in [-0.3, -0.25) is 0 Å². The summed E-state index contributed by atoms with van der Waals surface area (Å²) in [7, 11) is 0. The number of nitrogens with zero attached hydrogens (tertiary/aromatic N) is 4. The minimum atomic E-state index is -0.0792. The maximum atomic E-state index is 5.97. The molecule has 114 valence electrons. The molecule has 0 amide bonds. The Morgan fingerprint density at radius 3 is 2.74 bits per heavy atom. The maximum Gasteiger partial charge on any atom is 0.248 e. The Morgan fingerprint density at radius 2 is 1.96 bits per heavy atom. The summed E-state index contributed by atoms with van der Waals surface area (Å²) >= 11 is 9.49. The van der Waals surface area contributed by atoms with Gasteiger partial charge in [0.25, 0.3) is 0 Å². The summed E-state index contributed by atoms with van der Waals surface area (Å²) in [5.74, 6) is 0.613. The van der Waals surface area contributed by atoms with Gasteiger partial charge in [-0.05, 0) is 51.9 Å². The molecule has 3 aromatic rings. The Hall–Kier alpha value is -2.18. The molecule has 0 fully saturated rings. The average molecular weight is 389 g/mol. The Kier molecular flexibility index (Phi) is 3.63. The van der Waals surface area contributed by atoms with Gasteiger partial charge in [0, 0.05) is 15.2 Å². The van der Waals surface area contributed by atoms with Crippen LogP contribution in [0.4, 0.5) is 5.95 Å². The number of fused-ring (bicyclic) bond motifs is 1. The Labute approximate surface area is 146 Å². The van der Waals surface area contributed by atoms with Gasteiger partial charge >= 0.3 is 0 Å². The van der Waals surface area contributed by atoms with E-state index in [1.165, 1.54) is 0 Å². The first-order chi connectivity index (χ1) is 11.2. The normalized spacial score (nSPS) is 16.4. The molecule has 5 nitrogen and oxygen atoms in total. The highest BCUT2D eigenvalue weighted by atomic mass is 79.9. The lowest BCUT2D eigenvalue weighted by Crippen LogP contribution is -2.20. The summed E-state index contributed by atoms with van der Waals surface area (Å²) in [6.07, 6.45) is 2.11. The lowest BCUT2D eigenvalue weighted by Gasteiger charge is -2.23. The molecule has 4 rings (SSSR count). The summed E-state index contributed by atoms with van der Waals surface area (Å²) in [6, 6.07) is 15.7. The van der Waals surface area contributed by atoms with E-state index in [4.69, 9.17) is 11.6 Å². The Morgan fingerprint density at radius 1 is 1.13 bits per heavy atom. The average Bonchev–Trinajstić information content (AvgIpc) is 3.03. The monoisotopic (exact) mass is 387 g/mol. The molecule has 0 radical (unpaired) electrons. The van der Waals surface area contributed by atoms with Crippen molar-refractivity contribution in [3.8, 4) is 0 Å². The van der Waals surface area contributed by atoms with Gasteiger partial charge in [-0.1, -0.05) is 56.9 Å². The van der Waals surface area contributed by atoms with E-state index in [-0.39, 0.29) is 6.04 Å². The molecular weight excluding hydrogens is 378 g/mol. The number of hydrogen-bond acceptors (Lipinski definition) is 4. The van der Waals surface area contributed by atoms with Gasteiger partial charge in [-0.15, -0.1) is 0 Å². The molecular formula is C16H11BrClN5. The number of aromatic nitrogens is 4. The summed E-state index contributed by atoms with van der Waals surface area (Å²) in [4.78, 5) is 0. The van der Waals surface area contributed by atoms with Gasteiger partial charge in [0.05, 0.1) is 0 Å². The third-order valence-electron chi connectivity index (χ3n) is 3.67. The summed E-state index contributed by atoms with van der Waals surface area (Å²) in [5.41, 5.74) is 3.08. The van der Waals surface area contributed by atoms with Gasteiger partial charge in [0.2, 0.25) is 5.95 Å². The number of rotatable bonds is 2. The van der Waals surface area contributed by atoms with E-state index in [0.717, 1.165) is 21.3 Å². The van der Waals surface area contributed by atoms with Crippen molar-refractivity contribution in [2.24, 2.45) is 0 Å². The van der Waals surface area contributed by atoms with Crippen LogP contribution in [-0.2, 0) is 0 Å². The molecule has 0 unspecified atom stereocenters. The quantitative estimate of drug-likeness (QED) is 0.717. The number of anilines is 1. The van der Waals surface area contributed by atoms with Crippen molar-refractivity contribution in [2.75, 3.05) is 5.32 Å². The molecule has 1 aromatic heterocycles. The van der Waals surface area contributed by atoms with Crippen LogP contribution in [0, 0.1) is 0 Å². The largest absolute Gasteiger partial charge is 0.323 e. The van der Waals surface area contributed by atoms with Crippen molar-refractivity contribution in [1.82, 2.24) is 20.2 Å². The van der Waals surface area contributed by atoms with Crippen molar-refractivity contribution in [2.45, 2.75) is 6.04 Å². The number of allylic oxidation sites excluding steroid dienone is 1. The van der Waals surface area contributed by atoms with E-state index in [1.54, 1.807) is 4.68 Å². The van der Waals surface area contributed by atoms with E-state index in [9.17, 15) is 0 Å². The molecule has 1 aliphatic rings. The highest BCUT2D eigenvalue weighted by Crippen LogP contribution is 2.32. The first-order valence-corrected chi connectivity index (χ1v) is 8.16. The molecule has 1 atom stereocenters. The number of halogens is 2. The summed E-state index contributed by atoms with van der Waals surface area (Å²) < 4.78 is 2.78. The van der Waals surface area contributed by atoms with E-state index in [2.05, 4.69) is 55.0 Å². The zero-order valence-electron chi connectivity index (χ0n) is 11.8. The Bertz CT molecular complexity index is 887. The fraction of sp³-hybridized carbons (Fsp3) is 0.0625. The minimum Gasteiger partial charge on any atom is -0.323 e. The molecule has 0 bridgehead atoms. The lowest BCUT2D eigenvalue weighted by molar-refractivity contribution is 0.585. The van der Waals surface area contributed by atoms with Crippen molar-refractivity contribution >= 4 is 39.2 Å². The molecule has 1 N–H and O–H groups in total. The third-order valence-corrected chi connectivity index (χ3v) is 4.42. The third kappa shape index (κ3) is 2.75.